The Labute approximate surface area is 177 Å². The molecule has 2 aliphatic rings. The SMILES string of the molecule is C[C@H](c1ccc(-n2cncn2)cc1)N(C)C(=O)[C@H]1CCCN(C(=O)N2CCCC2)C1. The third kappa shape index (κ3) is 4.17. The van der Waals surface area contributed by atoms with E-state index in [1.807, 2.05) is 52.9 Å². The fourth-order valence-corrected chi connectivity index (χ4v) is 4.41. The molecule has 1 aromatic heterocycles. The van der Waals surface area contributed by atoms with Gasteiger partial charge < -0.3 is 14.7 Å². The van der Waals surface area contributed by atoms with Gasteiger partial charge in [0.2, 0.25) is 5.91 Å². The van der Waals surface area contributed by atoms with Crippen LogP contribution in [-0.4, -0.2) is 74.6 Å². The number of hydrogen-bond acceptors (Lipinski definition) is 4. The van der Waals surface area contributed by atoms with Gasteiger partial charge in [0.1, 0.15) is 12.7 Å². The molecule has 0 bridgehead atoms. The molecule has 3 heterocycles. The van der Waals surface area contributed by atoms with Gasteiger partial charge in [0.25, 0.3) is 0 Å². The first-order chi connectivity index (χ1) is 14.5. The van der Waals surface area contributed by atoms with Gasteiger partial charge in [-0.15, -0.1) is 0 Å². The molecule has 4 rings (SSSR count). The lowest BCUT2D eigenvalue weighted by Gasteiger charge is -2.37. The summed E-state index contributed by atoms with van der Waals surface area (Å²) in [4.78, 5) is 35.5. The molecule has 0 saturated carbocycles. The average molecular weight is 411 g/mol. The predicted octanol–water partition coefficient (Wildman–Crippen LogP) is 2.71. The van der Waals surface area contributed by atoms with Crippen molar-refractivity contribution in [1.29, 1.82) is 0 Å². The van der Waals surface area contributed by atoms with Gasteiger partial charge in [-0.3, -0.25) is 4.79 Å². The van der Waals surface area contributed by atoms with E-state index in [9.17, 15) is 9.59 Å². The maximum absolute atomic E-state index is 13.2. The van der Waals surface area contributed by atoms with Crippen LogP contribution in [0.3, 0.4) is 0 Å². The van der Waals surface area contributed by atoms with E-state index < -0.39 is 0 Å². The van der Waals surface area contributed by atoms with Gasteiger partial charge in [-0.2, -0.15) is 5.10 Å². The normalized spacial score (nSPS) is 20.3. The first-order valence-electron chi connectivity index (χ1n) is 10.8. The van der Waals surface area contributed by atoms with Crippen molar-refractivity contribution in [2.24, 2.45) is 5.92 Å². The van der Waals surface area contributed by atoms with Crippen molar-refractivity contribution in [2.75, 3.05) is 33.2 Å². The van der Waals surface area contributed by atoms with Gasteiger partial charge in [-0.05, 0) is 50.3 Å². The van der Waals surface area contributed by atoms with Crippen molar-refractivity contribution < 1.29 is 9.59 Å². The van der Waals surface area contributed by atoms with E-state index >= 15 is 0 Å². The highest BCUT2D eigenvalue weighted by molar-refractivity contribution is 5.81. The number of carbonyl (C=O) groups is 2. The predicted molar refractivity (Wildman–Crippen MR) is 113 cm³/mol. The van der Waals surface area contributed by atoms with Gasteiger partial charge in [-0.1, -0.05) is 12.1 Å². The molecule has 2 saturated heterocycles. The van der Waals surface area contributed by atoms with Gasteiger partial charge in [0.05, 0.1) is 17.6 Å². The van der Waals surface area contributed by atoms with E-state index in [1.165, 1.54) is 6.33 Å². The number of nitrogens with zero attached hydrogens (tertiary/aromatic N) is 6. The first kappa shape index (κ1) is 20.4. The second-order valence-electron chi connectivity index (χ2n) is 8.32. The number of hydrogen-bond donors (Lipinski definition) is 0. The molecule has 8 nitrogen and oxygen atoms in total. The molecule has 0 radical (unpaired) electrons. The van der Waals surface area contributed by atoms with E-state index in [0.29, 0.717) is 6.54 Å². The number of carbonyl (C=O) groups excluding carboxylic acids is 2. The Bertz CT molecular complexity index is 860. The van der Waals surface area contributed by atoms with Crippen LogP contribution < -0.4 is 0 Å². The van der Waals surface area contributed by atoms with E-state index in [4.69, 9.17) is 0 Å². The van der Waals surface area contributed by atoms with Crippen molar-refractivity contribution in [3.8, 4) is 5.69 Å². The van der Waals surface area contributed by atoms with Crippen LogP contribution in [-0.2, 0) is 4.79 Å². The van der Waals surface area contributed by atoms with Crippen molar-refractivity contribution in [3.05, 3.63) is 42.5 Å². The number of rotatable bonds is 4. The van der Waals surface area contributed by atoms with Gasteiger partial charge in [-0.25, -0.2) is 14.5 Å². The molecule has 2 aliphatic heterocycles. The highest BCUT2D eigenvalue weighted by Crippen LogP contribution is 2.26. The molecule has 3 amide bonds. The second-order valence-corrected chi connectivity index (χ2v) is 8.32. The van der Waals surface area contributed by atoms with Crippen LogP contribution in [0.2, 0.25) is 0 Å². The Balaban J connectivity index is 1.39. The van der Waals surface area contributed by atoms with Crippen LogP contribution >= 0.6 is 0 Å². The summed E-state index contributed by atoms with van der Waals surface area (Å²) in [5, 5.41) is 4.14. The zero-order chi connectivity index (χ0) is 21.1. The van der Waals surface area contributed by atoms with E-state index in [1.54, 1.807) is 11.0 Å². The fraction of sp³-hybridized carbons (Fsp3) is 0.545. The monoisotopic (exact) mass is 410 g/mol. The Kier molecular flexibility index (Phi) is 6.01. The topological polar surface area (TPSA) is 74.6 Å². The van der Waals surface area contributed by atoms with Crippen LogP contribution in [0.5, 0.6) is 0 Å². The minimum atomic E-state index is -0.132. The van der Waals surface area contributed by atoms with Crippen LogP contribution in [0.4, 0.5) is 4.79 Å². The summed E-state index contributed by atoms with van der Waals surface area (Å²) < 4.78 is 1.71. The summed E-state index contributed by atoms with van der Waals surface area (Å²) in [7, 11) is 1.86. The average Bonchev–Trinajstić information content (AvgIpc) is 3.52. The Morgan fingerprint density at radius 2 is 1.77 bits per heavy atom. The zero-order valence-electron chi connectivity index (χ0n) is 17.8. The molecule has 30 heavy (non-hydrogen) atoms. The number of aromatic nitrogens is 3. The van der Waals surface area contributed by atoms with Crippen molar-refractivity contribution >= 4 is 11.9 Å². The fourth-order valence-electron chi connectivity index (χ4n) is 4.41. The Morgan fingerprint density at radius 1 is 1.07 bits per heavy atom. The van der Waals surface area contributed by atoms with Crippen LogP contribution in [0.1, 0.15) is 44.2 Å². The molecule has 0 unspecified atom stereocenters. The highest BCUT2D eigenvalue weighted by Gasteiger charge is 2.33. The maximum atomic E-state index is 13.2. The quantitative estimate of drug-likeness (QED) is 0.777. The molecule has 2 aromatic rings. The lowest BCUT2D eigenvalue weighted by atomic mass is 9.95. The molecule has 0 aliphatic carbocycles. The van der Waals surface area contributed by atoms with Gasteiger partial charge in [0, 0.05) is 33.2 Å². The molecule has 2 atom stereocenters. The molecule has 0 spiro atoms. The Hall–Kier alpha value is -2.90. The summed E-state index contributed by atoms with van der Waals surface area (Å²) >= 11 is 0. The molecule has 0 N–H and O–H groups in total. The number of amides is 3. The molecule has 160 valence electrons. The van der Waals surface area contributed by atoms with Crippen molar-refractivity contribution in [2.45, 2.75) is 38.6 Å². The lowest BCUT2D eigenvalue weighted by molar-refractivity contribution is -0.137. The first-order valence-corrected chi connectivity index (χ1v) is 10.8. The highest BCUT2D eigenvalue weighted by atomic mass is 16.2. The molecular formula is C22H30N6O2. The number of benzene rings is 1. The van der Waals surface area contributed by atoms with E-state index in [0.717, 1.165) is 56.6 Å². The van der Waals surface area contributed by atoms with Gasteiger partial charge >= 0.3 is 6.03 Å². The largest absolute Gasteiger partial charge is 0.339 e. The third-order valence-electron chi connectivity index (χ3n) is 6.41. The minimum Gasteiger partial charge on any atom is -0.339 e. The molecule has 8 heteroatoms. The number of piperidine rings is 1. The smallest absolute Gasteiger partial charge is 0.320 e. The summed E-state index contributed by atoms with van der Waals surface area (Å²) in [6.07, 6.45) is 7.04. The van der Waals surface area contributed by atoms with Crippen LogP contribution in [0.25, 0.3) is 5.69 Å². The summed E-state index contributed by atoms with van der Waals surface area (Å²) in [5.41, 5.74) is 2.00. The molecule has 2 fully saturated rings. The van der Waals surface area contributed by atoms with E-state index in [2.05, 4.69) is 10.1 Å². The number of urea groups is 1. The van der Waals surface area contributed by atoms with Crippen molar-refractivity contribution in [3.63, 3.8) is 0 Å². The third-order valence-corrected chi connectivity index (χ3v) is 6.41. The summed E-state index contributed by atoms with van der Waals surface area (Å²) in [6, 6.07) is 8.06. The van der Waals surface area contributed by atoms with Crippen LogP contribution in [0, 0.1) is 5.92 Å². The summed E-state index contributed by atoms with van der Waals surface area (Å²) in [6.45, 7) is 5.00. The standard InChI is InChI=1S/C22H30N6O2/c1-17(18-7-9-20(10-8-18)28-16-23-15-24-28)25(2)21(29)19-6-5-13-27(14-19)22(30)26-11-3-4-12-26/h7-10,15-17,19H,3-6,11-14H2,1-2H3/t17-,19+/m1/s1. The maximum Gasteiger partial charge on any atom is 0.320 e. The molecular weight excluding hydrogens is 380 g/mol. The minimum absolute atomic E-state index is 0.0491. The van der Waals surface area contributed by atoms with Crippen molar-refractivity contribution in [1.82, 2.24) is 29.5 Å². The lowest BCUT2D eigenvalue weighted by Crippen LogP contribution is -2.50. The van der Waals surface area contributed by atoms with Crippen LogP contribution in [0.15, 0.2) is 36.9 Å². The number of likely N-dealkylation sites (tertiary alicyclic amines) is 2. The summed E-state index contributed by atoms with van der Waals surface area (Å²) in [5.74, 6) is -0.0195. The van der Waals surface area contributed by atoms with E-state index in [-0.39, 0.29) is 23.9 Å². The zero-order valence-corrected chi connectivity index (χ0v) is 17.8. The molecule has 1 aromatic carbocycles. The Morgan fingerprint density at radius 3 is 2.43 bits per heavy atom. The second kappa shape index (κ2) is 8.85. The van der Waals surface area contributed by atoms with Gasteiger partial charge in [0.15, 0.2) is 0 Å².